The second kappa shape index (κ2) is 5.09. The number of benzene rings is 1. The third-order valence-corrected chi connectivity index (χ3v) is 1.55. The maximum atomic E-state index is 13.0. The number of rotatable bonds is 3. The minimum absolute atomic E-state index is 0.0645. The number of amides is 1. The van der Waals surface area contributed by atoms with Gasteiger partial charge in [0.05, 0.1) is 5.69 Å². The van der Waals surface area contributed by atoms with Crippen molar-refractivity contribution in [3.8, 4) is 0 Å². The molecule has 0 spiro atoms. The van der Waals surface area contributed by atoms with Crippen LogP contribution in [0.5, 0.6) is 0 Å². The molecule has 0 aliphatic rings. The zero-order valence-corrected chi connectivity index (χ0v) is 8.12. The van der Waals surface area contributed by atoms with Crippen molar-refractivity contribution in [2.45, 2.75) is 6.92 Å². The molecule has 15 heavy (non-hydrogen) atoms. The summed E-state index contributed by atoms with van der Waals surface area (Å²) in [5.41, 5.74) is 0.0645. The van der Waals surface area contributed by atoms with Crippen LogP contribution in [-0.4, -0.2) is 18.5 Å². The van der Waals surface area contributed by atoms with Crippen molar-refractivity contribution in [2.24, 2.45) is 0 Å². The Labute approximate surface area is 86.0 Å². The Hall–Kier alpha value is -1.91. The molecular formula is C10H10FNO3. The van der Waals surface area contributed by atoms with Crippen molar-refractivity contribution < 1.29 is 18.7 Å². The second-order valence-electron chi connectivity index (χ2n) is 2.81. The van der Waals surface area contributed by atoms with Gasteiger partial charge in [0.25, 0.3) is 5.91 Å². The second-order valence-corrected chi connectivity index (χ2v) is 2.81. The predicted octanol–water partition coefficient (Wildman–Crippen LogP) is 1.33. The van der Waals surface area contributed by atoms with Crippen LogP contribution in [0.4, 0.5) is 10.1 Å². The van der Waals surface area contributed by atoms with Gasteiger partial charge in [0.15, 0.2) is 6.61 Å². The SMILES string of the molecule is CC(=O)OCC(=O)Nc1ccccc1F. The van der Waals surface area contributed by atoms with E-state index in [1.165, 1.54) is 25.1 Å². The van der Waals surface area contributed by atoms with Crippen LogP contribution in [0, 0.1) is 5.82 Å². The van der Waals surface area contributed by atoms with Gasteiger partial charge in [-0.2, -0.15) is 0 Å². The smallest absolute Gasteiger partial charge is 0.303 e. The van der Waals surface area contributed by atoms with Gasteiger partial charge in [0.1, 0.15) is 5.82 Å². The Morgan fingerprint density at radius 1 is 1.40 bits per heavy atom. The lowest BCUT2D eigenvalue weighted by atomic mass is 10.3. The third kappa shape index (κ3) is 3.76. The van der Waals surface area contributed by atoms with Gasteiger partial charge in [0, 0.05) is 6.92 Å². The number of carbonyl (C=O) groups is 2. The molecule has 0 bridgehead atoms. The summed E-state index contributed by atoms with van der Waals surface area (Å²) in [6.07, 6.45) is 0. The first-order valence-electron chi connectivity index (χ1n) is 4.27. The number of ether oxygens (including phenoxy) is 1. The Balaban J connectivity index is 2.52. The Morgan fingerprint density at radius 3 is 2.67 bits per heavy atom. The lowest BCUT2D eigenvalue weighted by Crippen LogP contribution is -2.20. The van der Waals surface area contributed by atoms with E-state index < -0.39 is 24.3 Å². The Kier molecular flexibility index (Phi) is 3.79. The van der Waals surface area contributed by atoms with E-state index in [0.717, 1.165) is 0 Å². The summed E-state index contributed by atoms with van der Waals surface area (Å²) in [7, 11) is 0. The van der Waals surface area contributed by atoms with E-state index in [9.17, 15) is 14.0 Å². The summed E-state index contributed by atoms with van der Waals surface area (Å²) >= 11 is 0. The molecule has 1 aromatic rings. The highest BCUT2D eigenvalue weighted by atomic mass is 19.1. The maximum Gasteiger partial charge on any atom is 0.303 e. The summed E-state index contributed by atoms with van der Waals surface area (Å²) in [6, 6.07) is 5.74. The number of halogens is 1. The number of para-hydroxylation sites is 1. The molecule has 1 rings (SSSR count). The number of hydrogen-bond donors (Lipinski definition) is 1. The van der Waals surface area contributed by atoms with Gasteiger partial charge in [-0.05, 0) is 12.1 Å². The first-order chi connectivity index (χ1) is 7.09. The average Bonchev–Trinajstić information content (AvgIpc) is 2.18. The molecule has 0 saturated carbocycles. The van der Waals surface area contributed by atoms with E-state index in [-0.39, 0.29) is 5.69 Å². The standard InChI is InChI=1S/C10H10FNO3/c1-7(13)15-6-10(14)12-9-5-3-2-4-8(9)11/h2-5H,6H2,1H3,(H,12,14). The van der Waals surface area contributed by atoms with Crippen molar-refractivity contribution >= 4 is 17.6 Å². The lowest BCUT2D eigenvalue weighted by molar-refractivity contribution is -0.144. The number of carbonyl (C=O) groups excluding carboxylic acids is 2. The maximum absolute atomic E-state index is 13.0. The third-order valence-electron chi connectivity index (χ3n) is 1.55. The van der Waals surface area contributed by atoms with Gasteiger partial charge < -0.3 is 10.1 Å². The number of esters is 1. The largest absolute Gasteiger partial charge is 0.456 e. The van der Waals surface area contributed by atoms with E-state index in [1.807, 2.05) is 0 Å². The zero-order chi connectivity index (χ0) is 11.3. The van der Waals surface area contributed by atoms with Gasteiger partial charge in [-0.15, -0.1) is 0 Å². The molecule has 80 valence electrons. The first kappa shape index (κ1) is 11.2. The summed E-state index contributed by atoms with van der Waals surface area (Å²) in [6.45, 7) is 0.778. The zero-order valence-electron chi connectivity index (χ0n) is 8.12. The summed E-state index contributed by atoms with van der Waals surface area (Å²) in [4.78, 5) is 21.5. The molecule has 0 radical (unpaired) electrons. The van der Waals surface area contributed by atoms with Crippen molar-refractivity contribution in [3.63, 3.8) is 0 Å². The summed E-state index contributed by atoms with van der Waals surface area (Å²) < 4.78 is 17.5. The van der Waals surface area contributed by atoms with E-state index in [2.05, 4.69) is 10.1 Å². The molecule has 0 aliphatic carbocycles. The Morgan fingerprint density at radius 2 is 2.07 bits per heavy atom. The normalized spacial score (nSPS) is 9.47. The van der Waals surface area contributed by atoms with Crippen LogP contribution < -0.4 is 5.32 Å². The van der Waals surface area contributed by atoms with Gasteiger partial charge in [-0.25, -0.2) is 4.39 Å². The van der Waals surface area contributed by atoms with Crippen molar-refractivity contribution in [1.82, 2.24) is 0 Å². The lowest BCUT2D eigenvalue weighted by Gasteiger charge is -2.05. The van der Waals surface area contributed by atoms with Gasteiger partial charge in [-0.1, -0.05) is 12.1 Å². The fraction of sp³-hybridized carbons (Fsp3) is 0.200. The molecule has 0 saturated heterocycles. The van der Waals surface area contributed by atoms with Crippen LogP contribution in [-0.2, 0) is 14.3 Å². The van der Waals surface area contributed by atoms with Crippen LogP contribution in [0.1, 0.15) is 6.92 Å². The predicted molar refractivity (Wildman–Crippen MR) is 51.7 cm³/mol. The molecule has 0 aliphatic heterocycles. The average molecular weight is 211 g/mol. The van der Waals surface area contributed by atoms with E-state index in [4.69, 9.17) is 0 Å². The summed E-state index contributed by atoms with van der Waals surface area (Å²) in [5.74, 6) is -1.66. The minimum atomic E-state index is -0.574. The molecular weight excluding hydrogens is 201 g/mol. The van der Waals surface area contributed by atoms with E-state index in [1.54, 1.807) is 6.07 Å². The molecule has 1 aromatic carbocycles. The summed E-state index contributed by atoms with van der Waals surface area (Å²) in [5, 5.41) is 2.27. The van der Waals surface area contributed by atoms with Crippen LogP contribution in [0.25, 0.3) is 0 Å². The molecule has 0 atom stereocenters. The molecule has 0 fully saturated rings. The fourth-order valence-corrected chi connectivity index (χ4v) is 0.916. The van der Waals surface area contributed by atoms with Crippen molar-refractivity contribution in [1.29, 1.82) is 0 Å². The highest BCUT2D eigenvalue weighted by Gasteiger charge is 2.07. The van der Waals surface area contributed by atoms with Crippen LogP contribution in [0.3, 0.4) is 0 Å². The number of nitrogens with one attached hydrogen (secondary N) is 1. The minimum Gasteiger partial charge on any atom is -0.456 e. The molecule has 0 unspecified atom stereocenters. The monoisotopic (exact) mass is 211 g/mol. The van der Waals surface area contributed by atoms with E-state index >= 15 is 0 Å². The highest BCUT2D eigenvalue weighted by Crippen LogP contribution is 2.11. The molecule has 0 aromatic heterocycles. The van der Waals surface area contributed by atoms with Crippen LogP contribution >= 0.6 is 0 Å². The van der Waals surface area contributed by atoms with Crippen molar-refractivity contribution in [2.75, 3.05) is 11.9 Å². The van der Waals surface area contributed by atoms with Gasteiger partial charge in [0.2, 0.25) is 0 Å². The number of anilines is 1. The molecule has 1 amide bonds. The molecule has 0 heterocycles. The topological polar surface area (TPSA) is 55.4 Å². The fourth-order valence-electron chi connectivity index (χ4n) is 0.916. The van der Waals surface area contributed by atoms with Crippen LogP contribution in [0.2, 0.25) is 0 Å². The Bertz CT molecular complexity index is 379. The van der Waals surface area contributed by atoms with Gasteiger partial charge >= 0.3 is 5.97 Å². The van der Waals surface area contributed by atoms with Crippen molar-refractivity contribution in [3.05, 3.63) is 30.1 Å². The highest BCUT2D eigenvalue weighted by molar-refractivity contribution is 5.92. The quantitative estimate of drug-likeness (QED) is 0.767. The van der Waals surface area contributed by atoms with Crippen LogP contribution in [0.15, 0.2) is 24.3 Å². The number of hydrogen-bond acceptors (Lipinski definition) is 3. The molecule has 5 heteroatoms. The van der Waals surface area contributed by atoms with E-state index in [0.29, 0.717) is 0 Å². The van der Waals surface area contributed by atoms with Gasteiger partial charge in [-0.3, -0.25) is 9.59 Å². The molecule has 1 N–H and O–H groups in total. The first-order valence-corrected chi connectivity index (χ1v) is 4.27. The molecule has 4 nitrogen and oxygen atoms in total.